The smallest absolute Gasteiger partial charge is 0.490 e. The van der Waals surface area contributed by atoms with Gasteiger partial charge in [0.05, 0.1) is 35.8 Å². The molecule has 4 aromatic carbocycles. The lowest BCUT2D eigenvalue weighted by Crippen LogP contribution is -2.29. The van der Waals surface area contributed by atoms with Gasteiger partial charge in [-0.2, -0.15) is 43.2 Å². The van der Waals surface area contributed by atoms with Crippen LogP contribution < -0.4 is 51.7 Å². The van der Waals surface area contributed by atoms with Crippen molar-refractivity contribution in [2.24, 2.45) is 11.5 Å². The van der Waals surface area contributed by atoms with E-state index in [1.54, 1.807) is 0 Å². The summed E-state index contributed by atoms with van der Waals surface area (Å²) in [6.07, 6.45) is -10.2. The first-order valence-corrected chi connectivity index (χ1v) is 23.9. The van der Waals surface area contributed by atoms with Crippen molar-refractivity contribution in [1.82, 2.24) is 10.6 Å². The minimum absolute atomic E-state index is 0.0380. The predicted molar refractivity (Wildman–Crippen MR) is 253 cm³/mol. The van der Waals surface area contributed by atoms with E-state index in [2.05, 4.69) is 21.3 Å². The van der Waals surface area contributed by atoms with E-state index in [9.17, 15) is 62.4 Å². The van der Waals surface area contributed by atoms with Gasteiger partial charge in [-0.15, -0.1) is 0 Å². The van der Waals surface area contributed by atoms with Crippen molar-refractivity contribution in [2.75, 3.05) is 61.7 Å². The lowest BCUT2D eigenvalue weighted by molar-refractivity contribution is -0.193. The average Bonchev–Trinajstić information content (AvgIpc) is 3.30. The van der Waals surface area contributed by atoms with E-state index < -0.39 is 92.9 Å². The molecule has 0 radical (unpaired) electrons. The van der Waals surface area contributed by atoms with E-state index in [1.165, 1.54) is 84.9 Å². The Morgan fingerprint density at radius 1 is 0.506 bits per heavy atom. The minimum atomic E-state index is -5.08. The van der Waals surface area contributed by atoms with E-state index in [-0.39, 0.29) is 83.6 Å². The maximum atomic E-state index is 12.9. The van der Waals surface area contributed by atoms with Crippen molar-refractivity contribution in [2.45, 2.75) is 12.4 Å². The normalized spacial score (nSPS) is 11.1. The fraction of sp³-hybridized carbons (Fsp3) is 0.238. The first-order chi connectivity index (χ1) is 35.6. The monoisotopic (exact) mass is 1140 g/mol. The quantitative estimate of drug-likeness (QED) is 0.0102. The number of nitrogens with one attached hydrogen (secondary N) is 6. The van der Waals surface area contributed by atoms with E-state index >= 15 is 0 Å². The largest absolute Gasteiger partial charge is 0.491 e. The molecule has 0 saturated carbocycles. The molecular weight excluding hydrogens is 1100 g/mol. The predicted octanol–water partition coefficient (Wildman–Crippen LogP) is 2.71. The molecule has 0 bridgehead atoms. The van der Waals surface area contributed by atoms with Crippen LogP contribution in [0.1, 0.15) is 41.4 Å². The minimum Gasteiger partial charge on any atom is -0.491 e. The molecule has 2 amide bonds. The number of nitrogens with two attached hydrogens (primary N) is 2. The zero-order valence-corrected chi connectivity index (χ0v) is 40.5. The topological polar surface area (TPSA) is 446 Å². The first-order valence-electron chi connectivity index (χ1n) is 20.7. The third-order valence-corrected chi connectivity index (χ3v) is 9.71. The molecule has 0 atom stereocenters. The van der Waals surface area contributed by atoms with Gasteiger partial charge in [-0.3, -0.25) is 29.5 Å². The van der Waals surface area contributed by atoms with E-state index in [4.69, 9.17) is 74.9 Å². The van der Waals surface area contributed by atoms with Gasteiger partial charge >= 0.3 is 36.2 Å². The van der Waals surface area contributed by atoms with Gasteiger partial charge in [-0.25, -0.2) is 19.2 Å². The fourth-order valence-electron chi connectivity index (χ4n) is 5.04. The SMILES string of the molecule is N=C(N)Nc1ccc(C(=O)Oc2cc(OCCOCCOc3cc(OC(=O)c4ccc(NC(=N)N)cc4)cc(C(=O)NCCS(=O)(=O)O)c3)cc(C(=O)NCCS(=O)(=O)O)c2)cc1.O=C(O)C(F)(F)F.O=C(O)C(F)(F)F. The summed E-state index contributed by atoms with van der Waals surface area (Å²) in [6.45, 7) is -1.13. The molecule has 0 aliphatic heterocycles. The number of amides is 2. The van der Waals surface area contributed by atoms with Crippen LogP contribution in [0.2, 0.25) is 0 Å². The standard InChI is InChI=1S/C38H42N8O15S2.2C2HF3O2/c39-37(40)45-27-5-1-23(2-6-27)35(49)60-31-19-25(33(47)43-9-15-62(51,52)53)17-29(21-31)58-13-11-57-12-14-59-30-18-26(34(48)44-10-16-63(54,55)56)20-32(22-30)61-36(50)24-3-7-28(8-4-24)46-38(41)42;2*3-2(4,5)1(6)7/h1-8,17-22H,9-16H2,(H,43,47)(H,44,48)(H4,39,40,45)(H4,41,42,46)(H,51,52,53)(H,54,55,56);2*(H,6,7). The number of halogens is 6. The summed E-state index contributed by atoms with van der Waals surface area (Å²) in [6, 6.07) is 19.2. The number of carbonyl (C=O) groups excluding carboxylic acids is 4. The van der Waals surface area contributed by atoms with Gasteiger partial charge in [-0.1, -0.05) is 0 Å². The van der Waals surface area contributed by atoms with Gasteiger partial charge in [-0.05, 0) is 72.8 Å². The van der Waals surface area contributed by atoms with Gasteiger partial charge in [0, 0.05) is 47.7 Å². The van der Waals surface area contributed by atoms with E-state index in [1.807, 2.05) is 0 Å². The number of aliphatic carboxylic acids is 2. The number of rotatable bonds is 22. The summed E-state index contributed by atoms with van der Waals surface area (Å²) in [5.74, 6) is -10.9. The van der Waals surface area contributed by atoms with Crippen LogP contribution in [0.4, 0.5) is 37.7 Å². The highest BCUT2D eigenvalue weighted by Crippen LogP contribution is 2.26. The second-order valence-electron chi connectivity index (χ2n) is 14.4. The lowest BCUT2D eigenvalue weighted by Gasteiger charge is -2.13. The van der Waals surface area contributed by atoms with E-state index in [0.717, 1.165) is 0 Å². The van der Waals surface area contributed by atoms with Crippen molar-refractivity contribution in [1.29, 1.82) is 10.8 Å². The van der Waals surface area contributed by atoms with Crippen LogP contribution in [0.15, 0.2) is 84.9 Å². The van der Waals surface area contributed by atoms with Crippen molar-refractivity contribution in [3.8, 4) is 23.0 Å². The molecule has 0 spiro atoms. The number of benzene rings is 4. The Bertz CT molecular complexity index is 2790. The number of guanidine groups is 2. The van der Waals surface area contributed by atoms with Crippen LogP contribution >= 0.6 is 0 Å². The molecule has 4 rings (SSSR count). The van der Waals surface area contributed by atoms with E-state index in [0.29, 0.717) is 11.4 Å². The first kappa shape index (κ1) is 64.3. The molecule has 0 fully saturated rings. The number of carboxylic acids is 2. The summed E-state index contributed by atoms with van der Waals surface area (Å²) >= 11 is 0. The molecule has 4 aromatic rings. The highest BCUT2D eigenvalue weighted by molar-refractivity contribution is 7.86. The van der Waals surface area contributed by atoms with Crippen molar-refractivity contribution in [3.63, 3.8) is 0 Å². The molecule has 0 aliphatic carbocycles. The summed E-state index contributed by atoms with van der Waals surface area (Å²) in [5.41, 5.74) is 11.6. The van der Waals surface area contributed by atoms with Gasteiger partial charge in [0.1, 0.15) is 36.2 Å². The summed E-state index contributed by atoms with van der Waals surface area (Å²) in [7, 11) is -8.73. The van der Waals surface area contributed by atoms with Crippen molar-refractivity contribution < 1.29 is 115 Å². The number of hydrogen-bond acceptors (Lipinski definition) is 17. The molecule has 0 saturated heterocycles. The van der Waals surface area contributed by atoms with Gasteiger partial charge < -0.3 is 66.6 Å². The molecular formula is C42H44F6N8O19S2. The van der Waals surface area contributed by atoms with Crippen molar-refractivity contribution in [3.05, 3.63) is 107 Å². The third-order valence-electron chi connectivity index (χ3n) is 8.27. The number of anilines is 2. The molecule has 77 heavy (non-hydrogen) atoms. The molecule has 0 heterocycles. The molecule has 35 heteroatoms. The molecule has 0 aliphatic rings. The third kappa shape index (κ3) is 26.8. The zero-order chi connectivity index (χ0) is 58.3. The summed E-state index contributed by atoms with van der Waals surface area (Å²) in [4.78, 5) is 69.3. The molecule has 14 N–H and O–H groups in total. The maximum absolute atomic E-state index is 12.9. The van der Waals surface area contributed by atoms with Crippen LogP contribution in [0.3, 0.4) is 0 Å². The number of hydrogen-bond donors (Lipinski definition) is 12. The van der Waals surface area contributed by atoms with Crippen LogP contribution in [0.5, 0.6) is 23.0 Å². The Labute approximate surface area is 430 Å². The highest BCUT2D eigenvalue weighted by Gasteiger charge is 2.39. The van der Waals surface area contributed by atoms with Crippen LogP contribution in [0, 0.1) is 10.8 Å². The molecule has 0 aromatic heterocycles. The fourth-order valence-corrected chi connectivity index (χ4v) is 5.76. The number of alkyl halides is 6. The number of carboxylic acid groups (broad SMARTS) is 2. The number of carbonyl (C=O) groups is 6. The Morgan fingerprint density at radius 3 is 1.08 bits per heavy atom. The van der Waals surface area contributed by atoms with Crippen LogP contribution in [-0.4, -0.2) is 147 Å². The highest BCUT2D eigenvalue weighted by atomic mass is 32.2. The molecule has 27 nitrogen and oxygen atoms in total. The Morgan fingerprint density at radius 2 is 0.805 bits per heavy atom. The second kappa shape index (κ2) is 29.3. The van der Waals surface area contributed by atoms with Gasteiger partial charge in [0.15, 0.2) is 11.9 Å². The summed E-state index contributed by atoms with van der Waals surface area (Å²) < 4.78 is 154. The van der Waals surface area contributed by atoms with Gasteiger partial charge in [0.2, 0.25) is 0 Å². The van der Waals surface area contributed by atoms with Crippen molar-refractivity contribution >= 4 is 79.2 Å². The second-order valence-corrected chi connectivity index (χ2v) is 17.5. The van der Waals surface area contributed by atoms with Gasteiger partial charge in [0.25, 0.3) is 32.1 Å². The van der Waals surface area contributed by atoms with Crippen LogP contribution in [0.25, 0.3) is 0 Å². The number of ether oxygens (including phenoxy) is 5. The van der Waals surface area contributed by atoms with Crippen LogP contribution in [-0.2, 0) is 34.6 Å². The average molecular weight is 1140 g/mol. The molecule has 420 valence electrons. The maximum Gasteiger partial charge on any atom is 0.490 e. The number of esters is 2. The Balaban J connectivity index is 0.00000127. The Hall–Kier alpha value is -8.80. The zero-order valence-electron chi connectivity index (χ0n) is 38.9. The summed E-state index contributed by atoms with van der Waals surface area (Å²) in [5, 5.41) is 38.7. The lowest BCUT2D eigenvalue weighted by atomic mass is 10.1. The molecule has 0 unspecified atom stereocenters. The Kier molecular flexibility index (Phi) is 24.5.